The summed E-state index contributed by atoms with van der Waals surface area (Å²) in [5, 5.41) is 0. The highest BCUT2D eigenvalue weighted by Gasteiger charge is 2.36. The van der Waals surface area contributed by atoms with Gasteiger partial charge in [0.2, 0.25) is 0 Å². The lowest BCUT2D eigenvalue weighted by Gasteiger charge is -2.24. The second-order valence-corrected chi connectivity index (χ2v) is 4.40. The second kappa shape index (κ2) is 5.68. The molecule has 1 aliphatic heterocycles. The smallest absolute Gasteiger partial charge is 0.251 e. The Hall–Kier alpha value is -0.320. The number of hydrogen-bond donors (Lipinski definition) is 1. The summed E-state index contributed by atoms with van der Waals surface area (Å²) in [6, 6.07) is 0. The number of methoxy groups -OCH3 is 1. The molecule has 0 spiro atoms. The Morgan fingerprint density at radius 2 is 2.27 bits per heavy atom. The van der Waals surface area contributed by atoms with E-state index in [4.69, 9.17) is 10.5 Å². The molecule has 5 heteroatoms. The standard InChI is InChI=1S/C10H20N2O2.ClH/c1-8(14-3)9(13)12-5-4-10(2,6-11)7-12;/h8H,4-7,11H2,1-3H3;1H. The van der Waals surface area contributed by atoms with Crippen molar-refractivity contribution in [3.63, 3.8) is 0 Å². The fraction of sp³-hybridized carbons (Fsp3) is 0.900. The molecule has 1 aliphatic rings. The van der Waals surface area contributed by atoms with Crippen LogP contribution in [-0.4, -0.2) is 43.7 Å². The second-order valence-electron chi connectivity index (χ2n) is 4.40. The van der Waals surface area contributed by atoms with Gasteiger partial charge in [0.1, 0.15) is 6.10 Å². The Balaban J connectivity index is 0.00000196. The first-order valence-electron chi connectivity index (χ1n) is 5.04. The number of nitrogens with zero attached hydrogens (tertiary/aromatic N) is 1. The molecule has 0 aliphatic carbocycles. The number of hydrogen-bond acceptors (Lipinski definition) is 3. The molecular weight excluding hydrogens is 216 g/mol. The highest BCUT2D eigenvalue weighted by molar-refractivity contribution is 5.85. The number of carbonyl (C=O) groups excluding carboxylic acids is 1. The largest absolute Gasteiger partial charge is 0.372 e. The minimum atomic E-state index is -0.338. The number of ether oxygens (including phenoxy) is 1. The van der Waals surface area contributed by atoms with Crippen LogP contribution in [0.25, 0.3) is 0 Å². The lowest BCUT2D eigenvalue weighted by atomic mass is 9.90. The van der Waals surface area contributed by atoms with Crippen LogP contribution in [0.3, 0.4) is 0 Å². The maximum absolute atomic E-state index is 11.7. The van der Waals surface area contributed by atoms with Gasteiger partial charge in [-0.15, -0.1) is 12.4 Å². The molecule has 0 aromatic carbocycles. The number of rotatable bonds is 3. The van der Waals surface area contributed by atoms with Crippen LogP contribution in [0, 0.1) is 5.41 Å². The summed E-state index contributed by atoms with van der Waals surface area (Å²) in [6.45, 7) is 6.10. The zero-order valence-corrected chi connectivity index (χ0v) is 10.5. The SMILES string of the molecule is COC(C)C(=O)N1CCC(C)(CN)C1.Cl. The number of amides is 1. The van der Waals surface area contributed by atoms with Gasteiger partial charge in [0.15, 0.2) is 0 Å². The van der Waals surface area contributed by atoms with Gasteiger partial charge in [0.05, 0.1) is 0 Å². The van der Waals surface area contributed by atoms with Gasteiger partial charge in [-0.2, -0.15) is 0 Å². The van der Waals surface area contributed by atoms with Gasteiger partial charge in [0.25, 0.3) is 5.91 Å². The molecule has 2 atom stereocenters. The van der Waals surface area contributed by atoms with E-state index < -0.39 is 0 Å². The molecule has 0 radical (unpaired) electrons. The molecule has 2 N–H and O–H groups in total. The Morgan fingerprint density at radius 1 is 1.67 bits per heavy atom. The minimum absolute atomic E-state index is 0. The van der Waals surface area contributed by atoms with Crippen LogP contribution in [0.5, 0.6) is 0 Å². The van der Waals surface area contributed by atoms with Crippen LogP contribution in [0.4, 0.5) is 0 Å². The summed E-state index contributed by atoms with van der Waals surface area (Å²) in [5.74, 6) is 0.0738. The van der Waals surface area contributed by atoms with Gasteiger partial charge < -0.3 is 15.4 Å². The van der Waals surface area contributed by atoms with Crippen molar-refractivity contribution in [1.82, 2.24) is 4.90 Å². The first-order chi connectivity index (χ1) is 6.52. The van der Waals surface area contributed by atoms with E-state index in [0.717, 1.165) is 19.5 Å². The average molecular weight is 237 g/mol. The minimum Gasteiger partial charge on any atom is -0.372 e. The molecule has 0 aromatic heterocycles. The van der Waals surface area contributed by atoms with Crippen LogP contribution >= 0.6 is 12.4 Å². The maximum atomic E-state index is 11.7. The molecule has 4 nitrogen and oxygen atoms in total. The third-order valence-electron chi connectivity index (χ3n) is 3.06. The van der Waals surface area contributed by atoms with Crippen molar-refractivity contribution >= 4 is 18.3 Å². The lowest BCUT2D eigenvalue weighted by Crippen LogP contribution is -2.39. The van der Waals surface area contributed by atoms with E-state index in [1.807, 2.05) is 4.90 Å². The summed E-state index contributed by atoms with van der Waals surface area (Å²) in [5.41, 5.74) is 5.77. The summed E-state index contributed by atoms with van der Waals surface area (Å²) in [4.78, 5) is 13.6. The van der Waals surface area contributed by atoms with Gasteiger partial charge in [0, 0.05) is 20.2 Å². The van der Waals surface area contributed by atoms with Crippen molar-refractivity contribution in [3.05, 3.63) is 0 Å². The molecule has 1 saturated heterocycles. The Labute approximate surface area is 97.5 Å². The lowest BCUT2D eigenvalue weighted by molar-refractivity contribution is -0.140. The molecular formula is C10H21ClN2O2. The fourth-order valence-electron chi connectivity index (χ4n) is 1.74. The predicted octanol–water partition coefficient (Wildman–Crippen LogP) is 0.640. The van der Waals surface area contributed by atoms with Gasteiger partial charge in [-0.05, 0) is 25.3 Å². The fourth-order valence-corrected chi connectivity index (χ4v) is 1.74. The summed E-state index contributed by atoms with van der Waals surface area (Å²) in [6.07, 6.45) is 0.654. The zero-order chi connectivity index (χ0) is 10.8. The van der Waals surface area contributed by atoms with E-state index >= 15 is 0 Å². The third kappa shape index (κ3) is 3.33. The van der Waals surface area contributed by atoms with Gasteiger partial charge in [-0.3, -0.25) is 4.79 Å². The number of nitrogens with two attached hydrogens (primary N) is 1. The average Bonchev–Trinajstić information content (AvgIpc) is 2.59. The van der Waals surface area contributed by atoms with E-state index in [0.29, 0.717) is 6.54 Å². The molecule has 1 amide bonds. The van der Waals surface area contributed by atoms with Crippen LogP contribution in [-0.2, 0) is 9.53 Å². The monoisotopic (exact) mass is 236 g/mol. The van der Waals surface area contributed by atoms with E-state index in [-0.39, 0.29) is 29.8 Å². The van der Waals surface area contributed by atoms with Crippen molar-refractivity contribution in [3.8, 4) is 0 Å². The van der Waals surface area contributed by atoms with Crippen LogP contribution in [0.2, 0.25) is 0 Å². The Bertz CT molecular complexity index is 225. The number of carbonyl (C=O) groups is 1. The van der Waals surface area contributed by atoms with E-state index in [2.05, 4.69) is 6.92 Å². The van der Waals surface area contributed by atoms with Crippen LogP contribution in [0.1, 0.15) is 20.3 Å². The molecule has 0 saturated carbocycles. The zero-order valence-electron chi connectivity index (χ0n) is 9.66. The van der Waals surface area contributed by atoms with Crippen molar-refractivity contribution in [2.75, 3.05) is 26.7 Å². The number of likely N-dealkylation sites (tertiary alicyclic amines) is 1. The predicted molar refractivity (Wildman–Crippen MR) is 62.1 cm³/mol. The highest BCUT2D eigenvalue weighted by Crippen LogP contribution is 2.28. The Kier molecular flexibility index (Phi) is 5.56. The highest BCUT2D eigenvalue weighted by atomic mass is 35.5. The quantitative estimate of drug-likeness (QED) is 0.783. The third-order valence-corrected chi connectivity index (χ3v) is 3.06. The summed E-state index contributed by atoms with van der Waals surface area (Å²) in [7, 11) is 1.56. The molecule has 1 rings (SSSR count). The van der Waals surface area contributed by atoms with E-state index in [9.17, 15) is 4.79 Å². The normalized spacial score (nSPS) is 27.3. The molecule has 1 heterocycles. The van der Waals surface area contributed by atoms with Gasteiger partial charge in [-0.1, -0.05) is 6.92 Å². The van der Waals surface area contributed by atoms with Crippen molar-refractivity contribution in [1.29, 1.82) is 0 Å². The summed E-state index contributed by atoms with van der Waals surface area (Å²) >= 11 is 0. The molecule has 1 fully saturated rings. The molecule has 15 heavy (non-hydrogen) atoms. The topological polar surface area (TPSA) is 55.6 Å². The molecule has 0 aromatic rings. The van der Waals surface area contributed by atoms with Gasteiger partial charge >= 0.3 is 0 Å². The molecule has 0 bridgehead atoms. The molecule has 2 unspecified atom stereocenters. The van der Waals surface area contributed by atoms with Crippen LogP contribution < -0.4 is 5.73 Å². The number of halogens is 1. The first-order valence-corrected chi connectivity index (χ1v) is 5.04. The van der Waals surface area contributed by atoms with Gasteiger partial charge in [-0.25, -0.2) is 0 Å². The van der Waals surface area contributed by atoms with Crippen molar-refractivity contribution < 1.29 is 9.53 Å². The van der Waals surface area contributed by atoms with E-state index in [1.54, 1.807) is 14.0 Å². The maximum Gasteiger partial charge on any atom is 0.251 e. The van der Waals surface area contributed by atoms with Crippen LogP contribution in [0.15, 0.2) is 0 Å². The van der Waals surface area contributed by atoms with Crippen molar-refractivity contribution in [2.45, 2.75) is 26.4 Å². The molecule has 90 valence electrons. The first kappa shape index (κ1) is 14.7. The van der Waals surface area contributed by atoms with E-state index in [1.165, 1.54) is 0 Å². The Morgan fingerprint density at radius 3 is 2.67 bits per heavy atom. The van der Waals surface area contributed by atoms with Crippen molar-refractivity contribution in [2.24, 2.45) is 11.1 Å². The summed E-state index contributed by atoms with van der Waals surface area (Å²) < 4.78 is 5.00.